The molecule has 35 heavy (non-hydrogen) atoms. The van der Waals surface area contributed by atoms with Crippen LogP contribution in [0.5, 0.6) is 5.75 Å². The highest BCUT2D eigenvalue weighted by Gasteiger charge is 2.26. The number of aromatic nitrogens is 2. The van der Waals surface area contributed by atoms with E-state index in [1.807, 2.05) is 59.8 Å². The van der Waals surface area contributed by atoms with Gasteiger partial charge in [-0.1, -0.05) is 30.3 Å². The maximum atomic E-state index is 13.7. The van der Waals surface area contributed by atoms with Crippen molar-refractivity contribution in [3.05, 3.63) is 90.4 Å². The molecule has 1 fully saturated rings. The van der Waals surface area contributed by atoms with Crippen molar-refractivity contribution in [1.82, 2.24) is 14.9 Å². The van der Waals surface area contributed by atoms with Crippen molar-refractivity contribution < 1.29 is 14.3 Å². The predicted molar refractivity (Wildman–Crippen MR) is 136 cm³/mol. The van der Waals surface area contributed by atoms with Crippen LogP contribution in [-0.2, 0) is 11.2 Å². The zero-order chi connectivity index (χ0) is 24.0. The van der Waals surface area contributed by atoms with Crippen LogP contribution in [0, 0.1) is 5.92 Å². The van der Waals surface area contributed by atoms with Crippen molar-refractivity contribution in [2.45, 2.75) is 6.42 Å². The highest BCUT2D eigenvalue weighted by Crippen LogP contribution is 2.25. The lowest BCUT2D eigenvalue weighted by Crippen LogP contribution is -2.36. The van der Waals surface area contributed by atoms with Crippen LogP contribution in [-0.4, -0.2) is 54.2 Å². The summed E-state index contributed by atoms with van der Waals surface area (Å²) in [6.45, 7) is 2.26. The standard InChI is InChI=1S/C28H28N4O3/c1-34-24-8-4-7-23(15-24)31-27-26(10-5-11-30-27)28(33)32-12-13-35-19-20(18-32)14-22-17-29-16-21-6-2-3-9-25(21)22/h2-11,15-17,20H,12-14,18-19H2,1H3,(H,30,31)/t20-/m0/s1. The lowest BCUT2D eigenvalue weighted by molar-refractivity contribution is 0.0738. The third-order valence-electron chi connectivity index (χ3n) is 6.25. The zero-order valence-corrected chi connectivity index (χ0v) is 19.7. The molecule has 0 spiro atoms. The number of pyridine rings is 2. The number of fused-ring (bicyclic) bond motifs is 1. The number of anilines is 2. The van der Waals surface area contributed by atoms with Gasteiger partial charge in [0, 0.05) is 54.7 Å². The van der Waals surface area contributed by atoms with E-state index in [0.29, 0.717) is 37.7 Å². The molecule has 0 bridgehead atoms. The maximum Gasteiger partial charge on any atom is 0.257 e. The highest BCUT2D eigenvalue weighted by molar-refractivity contribution is 5.99. The Morgan fingerprint density at radius 3 is 2.97 bits per heavy atom. The molecular formula is C28H28N4O3. The minimum atomic E-state index is -0.0601. The Morgan fingerprint density at radius 1 is 1.14 bits per heavy atom. The highest BCUT2D eigenvalue weighted by atomic mass is 16.5. The molecule has 7 heteroatoms. The molecule has 178 valence electrons. The number of hydrogen-bond acceptors (Lipinski definition) is 6. The molecule has 2 aromatic carbocycles. The predicted octanol–water partition coefficient (Wildman–Crippen LogP) is 4.71. The van der Waals surface area contributed by atoms with Crippen molar-refractivity contribution in [2.24, 2.45) is 5.92 Å². The van der Waals surface area contributed by atoms with Gasteiger partial charge in [0.2, 0.25) is 0 Å². The summed E-state index contributed by atoms with van der Waals surface area (Å²) in [6, 6.07) is 19.4. The van der Waals surface area contributed by atoms with E-state index in [1.54, 1.807) is 19.4 Å². The Balaban J connectivity index is 1.35. The fraction of sp³-hybridized carbons (Fsp3) is 0.250. The Morgan fingerprint density at radius 2 is 2.06 bits per heavy atom. The fourth-order valence-corrected chi connectivity index (χ4v) is 4.53. The molecule has 1 atom stereocenters. The second kappa shape index (κ2) is 10.5. The number of amides is 1. The molecule has 1 saturated heterocycles. The van der Waals surface area contributed by atoms with Gasteiger partial charge in [0.1, 0.15) is 11.6 Å². The number of ether oxygens (including phenoxy) is 2. The van der Waals surface area contributed by atoms with Crippen LogP contribution >= 0.6 is 0 Å². The van der Waals surface area contributed by atoms with E-state index in [0.717, 1.165) is 23.2 Å². The summed E-state index contributed by atoms with van der Waals surface area (Å²) < 4.78 is 11.2. The number of carbonyl (C=O) groups is 1. The van der Waals surface area contributed by atoms with Gasteiger partial charge >= 0.3 is 0 Å². The molecule has 1 aliphatic rings. The number of benzene rings is 2. The summed E-state index contributed by atoms with van der Waals surface area (Å²) in [6.07, 6.45) is 6.29. The van der Waals surface area contributed by atoms with Gasteiger partial charge in [0.25, 0.3) is 5.91 Å². The quantitative estimate of drug-likeness (QED) is 0.442. The van der Waals surface area contributed by atoms with Crippen molar-refractivity contribution >= 4 is 28.2 Å². The number of methoxy groups -OCH3 is 1. The molecule has 0 aliphatic carbocycles. The van der Waals surface area contributed by atoms with E-state index >= 15 is 0 Å². The van der Waals surface area contributed by atoms with Crippen LogP contribution in [0.15, 0.2) is 79.3 Å². The van der Waals surface area contributed by atoms with Crippen LogP contribution in [0.2, 0.25) is 0 Å². The van der Waals surface area contributed by atoms with Gasteiger partial charge in [0.15, 0.2) is 0 Å². The molecule has 0 saturated carbocycles. The van der Waals surface area contributed by atoms with E-state index in [4.69, 9.17) is 9.47 Å². The topological polar surface area (TPSA) is 76.6 Å². The molecule has 2 aromatic heterocycles. The number of nitrogens with zero attached hydrogens (tertiary/aromatic N) is 3. The summed E-state index contributed by atoms with van der Waals surface area (Å²) in [5.74, 6) is 1.36. The number of nitrogens with one attached hydrogen (secondary N) is 1. The first kappa shape index (κ1) is 22.8. The Kier molecular flexibility index (Phi) is 6.86. The van der Waals surface area contributed by atoms with Gasteiger partial charge in [-0.05, 0) is 41.6 Å². The molecule has 1 aliphatic heterocycles. The number of hydrogen-bond donors (Lipinski definition) is 1. The van der Waals surface area contributed by atoms with Crippen molar-refractivity contribution in [2.75, 3.05) is 38.7 Å². The lowest BCUT2D eigenvalue weighted by Gasteiger charge is -2.25. The summed E-state index contributed by atoms with van der Waals surface area (Å²) in [5, 5.41) is 5.59. The summed E-state index contributed by atoms with van der Waals surface area (Å²) in [7, 11) is 1.63. The fourth-order valence-electron chi connectivity index (χ4n) is 4.53. The van der Waals surface area contributed by atoms with Gasteiger partial charge in [-0.3, -0.25) is 9.78 Å². The van der Waals surface area contributed by atoms with Crippen LogP contribution < -0.4 is 10.1 Å². The Bertz CT molecular complexity index is 1320. The average Bonchev–Trinajstić information content (AvgIpc) is 3.14. The van der Waals surface area contributed by atoms with E-state index in [2.05, 4.69) is 27.4 Å². The van der Waals surface area contributed by atoms with Crippen LogP contribution in [0.1, 0.15) is 15.9 Å². The van der Waals surface area contributed by atoms with E-state index in [-0.39, 0.29) is 11.8 Å². The van der Waals surface area contributed by atoms with Crippen molar-refractivity contribution in [1.29, 1.82) is 0 Å². The largest absolute Gasteiger partial charge is 0.497 e. The Hall–Kier alpha value is -3.97. The van der Waals surface area contributed by atoms with E-state index in [9.17, 15) is 4.79 Å². The maximum absolute atomic E-state index is 13.7. The van der Waals surface area contributed by atoms with Crippen LogP contribution in [0.25, 0.3) is 10.8 Å². The molecule has 7 nitrogen and oxygen atoms in total. The smallest absolute Gasteiger partial charge is 0.257 e. The van der Waals surface area contributed by atoms with Gasteiger partial charge in [0.05, 0.1) is 25.9 Å². The second-order valence-corrected chi connectivity index (χ2v) is 8.67. The summed E-state index contributed by atoms with van der Waals surface area (Å²) in [5.41, 5.74) is 2.51. The first-order valence-corrected chi connectivity index (χ1v) is 11.8. The molecule has 1 N–H and O–H groups in total. The average molecular weight is 469 g/mol. The van der Waals surface area contributed by atoms with E-state index in [1.165, 1.54) is 10.9 Å². The molecular weight excluding hydrogens is 440 g/mol. The van der Waals surface area contributed by atoms with Gasteiger partial charge in [-0.15, -0.1) is 0 Å². The third kappa shape index (κ3) is 5.25. The summed E-state index contributed by atoms with van der Waals surface area (Å²) in [4.78, 5) is 24.4. The molecule has 5 rings (SSSR count). The van der Waals surface area contributed by atoms with Gasteiger partial charge in [-0.25, -0.2) is 4.98 Å². The van der Waals surface area contributed by atoms with Gasteiger partial charge < -0.3 is 19.7 Å². The molecule has 3 heterocycles. The third-order valence-corrected chi connectivity index (χ3v) is 6.25. The van der Waals surface area contributed by atoms with Crippen LogP contribution in [0.3, 0.4) is 0 Å². The minimum Gasteiger partial charge on any atom is -0.497 e. The molecule has 1 amide bonds. The molecule has 4 aromatic rings. The van der Waals surface area contributed by atoms with Crippen molar-refractivity contribution in [3.63, 3.8) is 0 Å². The van der Waals surface area contributed by atoms with E-state index < -0.39 is 0 Å². The molecule has 0 unspecified atom stereocenters. The monoisotopic (exact) mass is 468 g/mol. The SMILES string of the molecule is COc1cccc(Nc2ncccc2C(=O)N2CCOC[C@@H](Cc3cncc4ccccc34)C2)c1. The molecule has 0 radical (unpaired) electrons. The zero-order valence-electron chi connectivity index (χ0n) is 19.7. The first-order chi connectivity index (χ1) is 17.2. The minimum absolute atomic E-state index is 0.0601. The number of rotatable bonds is 6. The van der Waals surface area contributed by atoms with Crippen molar-refractivity contribution in [3.8, 4) is 5.75 Å². The van der Waals surface area contributed by atoms with Gasteiger partial charge in [-0.2, -0.15) is 0 Å². The summed E-state index contributed by atoms with van der Waals surface area (Å²) >= 11 is 0. The normalized spacial score (nSPS) is 16.0. The first-order valence-electron chi connectivity index (χ1n) is 11.8. The Labute approximate surface area is 204 Å². The lowest BCUT2D eigenvalue weighted by atomic mass is 9.96. The number of carbonyl (C=O) groups excluding carboxylic acids is 1. The van der Waals surface area contributed by atoms with Crippen LogP contribution in [0.4, 0.5) is 11.5 Å². The second-order valence-electron chi connectivity index (χ2n) is 8.67.